The number of methoxy groups -OCH3 is 1. The zero-order valence-corrected chi connectivity index (χ0v) is 16.2. The van der Waals surface area contributed by atoms with E-state index in [-0.39, 0.29) is 17.9 Å². The molecule has 0 unspecified atom stereocenters. The first-order valence-electron chi connectivity index (χ1n) is 9.61. The molecule has 2 aliphatic heterocycles. The van der Waals surface area contributed by atoms with Crippen molar-refractivity contribution in [2.75, 3.05) is 59.6 Å². The summed E-state index contributed by atoms with van der Waals surface area (Å²) in [4.78, 5) is 31.3. The molecule has 2 fully saturated rings. The Morgan fingerprint density at radius 1 is 1.00 bits per heavy atom. The smallest absolute Gasteiger partial charge is 0.253 e. The number of carbonyl (C=O) groups is 2. The van der Waals surface area contributed by atoms with Gasteiger partial charge in [-0.3, -0.25) is 14.5 Å². The van der Waals surface area contributed by atoms with Crippen molar-refractivity contribution in [2.45, 2.75) is 19.4 Å². The van der Waals surface area contributed by atoms with Crippen molar-refractivity contribution in [3.63, 3.8) is 0 Å². The minimum absolute atomic E-state index is 0.00596. The fraction of sp³-hybridized carbons (Fsp3) is 0.600. The van der Waals surface area contributed by atoms with E-state index >= 15 is 0 Å². The van der Waals surface area contributed by atoms with Gasteiger partial charge in [0.05, 0.1) is 20.3 Å². The monoisotopic (exact) mass is 375 g/mol. The lowest BCUT2D eigenvalue weighted by Gasteiger charge is -2.37. The second-order valence-corrected chi connectivity index (χ2v) is 7.10. The van der Waals surface area contributed by atoms with Gasteiger partial charge in [-0.25, -0.2) is 0 Å². The number of hydrogen-bond donors (Lipinski definition) is 0. The molecule has 0 aliphatic carbocycles. The Hall–Kier alpha value is -2.12. The SMILES string of the molecule is COc1ccc(C(=O)N2CCN(C(=O)C[C@H](C)N3CCOCC3)CC2)cc1. The Balaban J connectivity index is 1.47. The van der Waals surface area contributed by atoms with Gasteiger partial charge in [0.25, 0.3) is 5.91 Å². The van der Waals surface area contributed by atoms with Gasteiger partial charge in [0.2, 0.25) is 5.91 Å². The molecule has 148 valence electrons. The van der Waals surface area contributed by atoms with E-state index in [1.165, 1.54) is 0 Å². The Morgan fingerprint density at radius 2 is 1.59 bits per heavy atom. The van der Waals surface area contributed by atoms with E-state index in [1.807, 2.05) is 9.80 Å². The molecule has 0 N–H and O–H groups in total. The highest BCUT2D eigenvalue weighted by Gasteiger charge is 2.27. The van der Waals surface area contributed by atoms with Crippen LogP contribution in [0.4, 0.5) is 0 Å². The normalized spacial score (nSPS) is 19.6. The van der Waals surface area contributed by atoms with Crippen molar-refractivity contribution >= 4 is 11.8 Å². The third-order valence-corrected chi connectivity index (χ3v) is 5.40. The van der Waals surface area contributed by atoms with Crippen LogP contribution in [0.25, 0.3) is 0 Å². The third-order valence-electron chi connectivity index (χ3n) is 5.40. The predicted molar refractivity (Wildman–Crippen MR) is 102 cm³/mol. The van der Waals surface area contributed by atoms with Crippen molar-refractivity contribution in [3.05, 3.63) is 29.8 Å². The molecule has 7 nitrogen and oxygen atoms in total. The molecule has 2 amide bonds. The molecule has 2 aliphatic rings. The number of nitrogens with zero attached hydrogens (tertiary/aromatic N) is 3. The number of piperazine rings is 1. The maximum atomic E-state index is 12.6. The van der Waals surface area contributed by atoms with Gasteiger partial charge in [-0.15, -0.1) is 0 Å². The number of morpholine rings is 1. The van der Waals surface area contributed by atoms with E-state index in [9.17, 15) is 9.59 Å². The summed E-state index contributed by atoms with van der Waals surface area (Å²) in [6.45, 7) is 7.69. The summed E-state index contributed by atoms with van der Waals surface area (Å²) < 4.78 is 10.5. The number of carbonyl (C=O) groups excluding carboxylic acids is 2. The van der Waals surface area contributed by atoms with Crippen molar-refractivity contribution in [1.29, 1.82) is 0 Å². The van der Waals surface area contributed by atoms with E-state index in [0.717, 1.165) is 32.1 Å². The lowest BCUT2D eigenvalue weighted by molar-refractivity contribution is -0.134. The van der Waals surface area contributed by atoms with Crippen LogP contribution in [0.2, 0.25) is 0 Å². The van der Waals surface area contributed by atoms with Crippen molar-refractivity contribution < 1.29 is 19.1 Å². The van der Waals surface area contributed by atoms with Crippen LogP contribution in [0.5, 0.6) is 5.75 Å². The third kappa shape index (κ3) is 4.99. The lowest BCUT2D eigenvalue weighted by Crippen LogP contribution is -2.52. The zero-order chi connectivity index (χ0) is 19.2. The molecule has 27 heavy (non-hydrogen) atoms. The topological polar surface area (TPSA) is 62.3 Å². The molecule has 1 aromatic carbocycles. The molecule has 1 aromatic rings. The van der Waals surface area contributed by atoms with Gasteiger partial charge in [0, 0.05) is 57.3 Å². The standard InChI is InChI=1S/C20H29N3O4/c1-16(21-11-13-27-14-12-21)15-19(24)22-7-9-23(10-8-22)20(25)17-3-5-18(26-2)6-4-17/h3-6,16H,7-15H2,1-2H3/t16-/m0/s1. The van der Waals surface area contributed by atoms with Gasteiger partial charge >= 0.3 is 0 Å². The second-order valence-electron chi connectivity index (χ2n) is 7.10. The zero-order valence-electron chi connectivity index (χ0n) is 16.2. The maximum absolute atomic E-state index is 12.6. The first-order chi connectivity index (χ1) is 13.1. The van der Waals surface area contributed by atoms with Crippen LogP contribution >= 0.6 is 0 Å². The van der Waals surface area contributed by atoms with Crippen LogP contribution in [0, 0.1) is 0 Å². The van der Waals surface area contributed by atoms with Gasteiger partial charge in [-0.05, 0) is 31.2 Å². The summed E-state index contributed by atoms with van der Waals surface area (Å²) in [5, 5.41) is 0. The quantitative estimate of drug-likeness (QED) is 0.771. The molecule has 0 bridgehead atoms. The lowest BCUT2D eigenvalue weighted by atomic mass is 10.1. The number of amides is 2. The van der Waals surface area contributed by atoms with Gasteiger partial charge < -0.3 is 19.3 Å². The number of rotatable bonds is 5. The van der Waals surface area contributed by atoms with Crippen molar-refractivity contribution in [3.8, 4) is 5.75 Å². The Bertz CT molecular complexity index is 635. The van der Waals surface area contributed by atoms with E-state index < -0.39 is 0 Å². The first kappa shape index (κ1) is 19.6. The molecule has 0 radical (unpaired) electrons. The van der Waals surface area contributed by atoms with Gasteiger partial charge in [0.1, 0.15) is 5.75 Å². The summed E-state index contributed by atoms with van der Waals surface area (Å²) in [7, 11) is 1.60. The fourth-order valence-electron chi connectivity index (χ4n) is 3.60. The molecule has 0 aromatic heterocycles. The molecule has 2 heterocycles. The summed E-state index contributed by atoms with van der Waals surface area (Å²) >= 11 is 0. The Kier molecular flexibility index (Phi) is 6.68. The molecule has 3 rings (SSSR count). The first-order valence-corrected chi connectivity index (χ1v) is 9.61. The average molecular weight is 375 g/mol. The van der Waals surface area contributed by atoms with E-state index in [1.54, 1.807) is 31.4 Å². The maximum Gasteiger partial charge on any atom is 0.253 e. The Morgan fingerprint density at radius 3 is 2.19 bits per heavy atom. The van der Waals surface area contributed by atoms with Gasteiger partial charge in [-0.1, -0.05) is 0 Å². The van der Waals surface area contributed by atoms with E-state index in [4.69, 9.17) is 9.47 Å². The van der Waals surface area contributed by atoms with Crippen LogP contribution in [0.1, 0.15) is 23.7 Å². The van der Waals surface area contributed by atoms with Crippen LogP contribution in [-0.2, 0) is 9.53 Å². The highest BCUT2D eigenvalue weighted by molar-refractivity contribution is 5.94. The van der Waals surface area contributed by atoms with Crippen molar-refractivity contribution in [1.82, 2.24) is 14.7 Å². The van der Waals surface area contributed by atoms with E-state index in [0.29, 0.717) is 38.2 Å². The fourth-order valence-corrected chi connectivity index (χ4v) is 3.60. The molecule has 0 spiro atoms. The summed E-state index contributed by atoms with van der Waals surface area (Å²) in [6.07, 6.45) is 0.520. The molecule has 2 saturated heterocycles. The molecule has 1 atom stereocenters. The highest BCUT2D eigenvalue weighted by Crippen LogP contribution is 2.15. The van der Waals surface area contributed by atoms with Crippen molar-refractivity contribution in [2.24, 2.45) is 0 Å². The summed E-state index contributed by atoms with van der Waals surface area (Å²) in [5.41, 5.74) is 0.650. The molecule has 0 saturated carbocycles. The molecular weight excluding hydrogens is 346 g/mol. The number of hydrogen-bond acceptors (Lipinski definition) is 5. The number of ether oxygens (including phenoxy) is 2. The summed E-state index contributed by atoms with van der Waals surface area (Å²) in [5.74, 6) is 0.910. The predicted octanol–water partition coefficient (Wildman–Crippen LogP) is 1.09. The average Bonchev–Trinajstić information content (AvgIpc) is 2.74. The number of benzene rings is 1. The summed E-state index contributed by atoms with van der Waals surface area (Å²) in [6, 6.07) is 7.37. The van der Waals surface area contributed by atoms with Crippen LogP contribution in [0.15, 0.2) is 24.3 Å². The highest BCUT2D eigenvalue weighted by atomic mass is 16.5. The molecular formula is C20H29N3O4. The van der Waals surface area contributed by atoms with Crippen LogP contribution in [-0.4, -0.2) is 92.1 Å². The largest absolute Gasteiger partial charge is 0.497 e. The van der Waals surface area contributed by atoms with E-state index in [2.05, 4.69) is 11.8 Å². The van der Waals surface area contributed by atoms with Gasteiger partial charge in [-0.2, -0.15) is 0 Å². The Labute approximate surface area is 160 Å². The molecule has 7 heteroatoms. The minimum Gasteiger partial charge on any atom is -0.497 e. The second kappa shape index (κ2) is 9.19. The van der Waals surface area contributed by atoms with Crippen LogP contribution in [0.3, 0.4) is 0 Å². The van der Waals surface area contributed by atoms with Gasteiger partial charge in [0.15, 0.2) is 0 Å². The minimum atomic E-state index is 0.00596. The van der Waals surface area contributed by atoms with Crippen LogP contribution < -0.4 is 4.74 Å².